The highest BCUT2D eigenvalue weighted by atomic mass is 35.5. The van der Waals surface area contributed by atoms with Crippen molar-refractivity contribution < 1.29 is 27.9 Å². The van der Waals surface area contributed by atoms with E-state index in [4.69, 9.17) is 16.7 Å². The van der Waals surface area contributed by atoms with Crippen LogP contribution in [0.1, 0.15) is 36.1 Å². The number of nitrogens with zero attached hydrogens (tertiary/aromatic N) is 3. The Labute approximate surface area is 229 Å². The summed E-state index contributed by atoms with van der Waals surface area (Å²) >= 11 is 5.79. The number of fused-ring (bicyclic) bond motifs is 3. The van der Waals surface area contributed by atoms with Crippen molar-refractivity contribution in [2.45, 2.75) is 38.8 Å². The molecule has 1 fully saturated rings. The Bertz CT molecular complexity index is 1370. The summed E-state index contributed by atoms with van der Waals surface area (Å²) in [5.74, 6) is -2.93. The first kappa shape index (κ1) is 28.3. The molecule has 2 aromatic carbocycles. The highest BCUT2D eigenvalue weighted by Gasteiger charge is 2.30. The number of rotatable bonds is 6. The number of aliphatic carboxylic acids is 1. The number of hydrogen-bond acceptors (Lipinski definition) is 3. The topological polar surface area (TPSA) is 65.8 Å². The van der Waals surface area contributed by atoms with Gasteiger partial charge in [-0.05, 0) is 56.0 Å². The predicted octanol–water partition coefficient (Wildman–Crippen LogP) is 5.25. The SMILES string of the molecule is Cl.O=C(O)CC1CCN(CC(=O)N2CCc3c(n(Cc4ccc(F)c(Cl)c4F)c4c(F)cccc34)C2)CC1. The van der Waals surface area contributed by atoms with Gasteiger partial charge in [0.15, 0.2) is 0 Å². The van der Waals surface area contributed by atoms with Crippen LogP contribution >= 0.6 is 24.0 Å². The second-order valence-corrected chi connectivity index (χ2v) is 10.2. The van der Waals surface area contributed by atoms with Crippen LogP contribution in [0.5, 0.6) is 0 Å². The minimum Gasteiger partial charge on any atom is -0.481 e. The standard InChI is InChI=1S/C27H27ClF3N3O3.ClH/c28-25-20(29)5-4-17(26(25)31)13-34-22-14-33(11-8-18(22)19-2-1-3-21(30)27(19)34)23(35)15-32-9-6-16(7-10-32)12-24(36)37;/h1-5,16H,6-15H2,(H,36,37);1H. The predicted molar refractivity (Wildman–Crippen MR) is 140 cm³/mol. The summed E-state index contributed by atoms with van der Waals surface area (Å²) in [6.07, 6.45) is 2.16. The fourth-order valence-corrected chi connectivity index (χ4v) is 5.77. The number of aromatic nitrogens is 1. The molecule has 1 amide bonds. The maximum Gasteiger partial charge on any atom is 0.303 e. The summed E-state index contributed by atoms with van der Waals surface area (Å²) in [6, 6.07) is 7.18. The van der Waals surface area contributed by atoms with E-state index in [0.717, 1.165) is 35.6 Å². The highest BCUT2D eigenvalue weighted by Crippen LogP contribution is 2.34. The lowest BCUT2D eigenvalue weighted by molar-refractivity contribution is -0.139. The maximum absolute atomic E-state index is 15.0. The molecule has 0 unspecified atom stereocenters. The van der Waals surface area contributed by atoms with Crippen molar-refractivity contribution >= 4 is 46.8 Å². The van der Waals surface area contributed by atoms with Gasteiger partial charge < -0.3 is 14.6 Å². The molecule has 38 heavy (non-hydrogen) atoms. The molecule has 204 valence electrons. The van der Waals surface area contributed by atoms with Gasteiger partial charge in [0.2, 0.25) is 5.91 Å². The number of para-hydroxylation sites is 1. The third-order valence-corrected chi connectivity index (χ3v) is 7.90. The molecule has 11 heteroatoms. The zero-order valence-corrected chi connectivity index (χ0v) is 22.1. The van der Waals surface area contributed by atoms with Crippen molar-refractivity contribution in [2.75, 3.05) is 26.2 Å². The number of carboxylic acid groups (broad SMARTS) is 1. The summed E-state index contributed by atoms with van der Waals surface area (Å²) in [5.41, 5.74) is 2.09. The number of piperidine rings is 1. The summed E-state index contributed by atoms with van der Waals surface area (Å²) in [7, 11) is 0. The molecule has 3 aromatic rings. The van der Waals surface area contributed by atoms with Crippen LogP contribution < -0.4 is 0 Å². The van der Waals surface area contributed by atoms with Gasteiger partial charge in [-0.25, -0.2) is 13.2 Å². The number of carboxylic acids is 1. The molecule has 2 aliphatic heterocycles. The van der Waals surface area contributed by atoms with Crippen LogP contribution in [0, 0.1) is 23.4 Å². The van der Waals surface area contributed by atoms with E-state index in [1.54, 1.807) is 15.5 Å². The van der Waals surface area contributed by atoms with Gasteiger partial charge in [-0.3, -0.25) is 14.5 Å². The van der Waals surface area contributed by atoms with Crippen molar-refractivity contribution in [2.24, 2.45) is 5.92 Å². The normalized spacial score (nSPS) is 16.4. The number of benzene rings is 2. The Kier molecular flexibility index (Phi) is 8.59. The zero-order valence-electron chi connectivity index (χ0n) is 20.6. The minimum atomic E-state index is -0.886. The summed E-state index contributed by atoms with van der Waals surface area (Å²) in [4.78, 5) is 28.0. The van der Waals surface area contributed by atoms with Gasteiger partial charge in [0, 0.05) is 29.6 Å². The summed E-state index contributed by atoms with van der Waals surface area (Å²) in [6.45, 7) is 2.23. The quantitative estimate of drug-likeness (QED) is 0.411. The number of hydrogen-bond donors (Lipinski definition) is 1. The fraction of sp³-hybridized carbons (Fsp3) is 0.407. The minimum absolute atomic E-state index is 0. The number of halogens is 5. The van der Waals surface area contributed by atoms with Crippen molar-refractivity contribution in [3.63, 3.8) is 0 Å². The Morgan fingerprint density at radius 3 is 2.47 bits per heavy atom. The molecule has 6 nitrogen and oxygen atoms in total. The van der Waals surface area contributed by atoms with Crippen molar-refractivity contribution in [3.8, 4) is 0 Å². The highest BCUT2D eigenvalue weighted by molar-refractivity contribution is 6.30. The first-order valence-corrected chi connectivity index (χ1v) is 12.7. The van der Waals surface area contributed by atoms with Crippen molar-refractivity contribution in [3.05, 3.63) is 69.6 Å². The third-order valence-electron chi connectivity index (χ3n) is 7.55. The largest absolute Gasteiger partial charge is 0.481 e. The molecule has 0 bridgehead atoms. The van der Waals surface area contributed by atoms with Crippen LogP contribution in [0.4, 0.5) is 13.2 Å². The first-order chi connectivity index (χ1) is 17.7. The lowest BCUT2D eigenvalue weighted by Crippen LogP contribution is -2.45. The molecule has 0 radical (unpaired) electrons. The molecule has 1 aromatic heterocycles. The van der Waals surface area contributed by atoms with Crippen LogP contribution in [0.25, 0.3) is 10.9 Å². The number of likely N-dealkylation sites (tertiary alicyclic amines) is 1. The van der Waals surface area contributed by atoms with Gasteiger partial charge in [0.25, 0.3) is 0 Å². The average Bonchev–Trinajstić information content (AvgIpc) is 3.19. The smallest absolute Gasteiger partial charge is 0.303 e. The monoisotopic (exact) mass is 569 g/mol. The van der Waals surface area contributed by atoms with E-state index in [9.17, 15) is 18.4 Å². The van der Waals surface area contributed by atoms with E-state index < -0.39 is 28.4 Å². The lowest BCUT2D eigenvalue weighted by atomic mass is 9.93. The van der Waals surface area contributed by atoms with E-state index >= 15 is 4.39 Å². The van der Waals surface area contributed by atoms with Crippen LogP contribution in [0.3, 0.4) is 0 Å². The Morgan fingerprint density at radius 2 is 1.76 bits per heavy atom. The van der Waals surface area contributed by atoms with E-state index in [0.29, 0.717) is 31.6 Å². The van der Waals surface area contributed by atoms with Gasteiger partial charge in [0.05, 0.1) is 25.2 Å². The van der Waals surface area contributed by atoms with Gasteiger partial charge in [-0.2, -0.15) is 0 Å². The Morgan fingerprint density at radius 1 is 1.03 bits per heavy atom. The fourth-order valence-electron chi connectivity index (χ4n) is 5.59. The first-order valence-electron chi connectivity index (χ1n) is 12.4. The molecule has 0 aliphatic carbocycles. The summed E-state index contributed by atoms with van der Waals surface area (Å²) in [5, 5.41) is 9.12. The van der Waals surface area contributed by atoms with Gasteiger partial charge >= 0.3 is 5.97 Å². The average molecular weight is 570 g/mol. The molecule has 3 heterocycles. The number of carbonyl (C=O) groups excluding carboxylic acids is 1. The summed E-state index contributed by atoms with van der Waals surface area (Å²) < 4.78 is 45.2. The molecule has 1 saturated heterocycles. The van der Waals surface area contributed by atoms with Gasteiger partial charge in [0.1, 0.15) is 22.5 Å². The lowest BCUT2D eigenvalue weighted by Gasteiger charge is -2.34. The molecule has 2 aliphatic rings. The second-order valence-electron chi connectivity index (χ2n) is 9.86. The van der Waals surface area contributed by atoms with Crippen LogP contribution in [-0.2, 0) is 29.1 Å². The maximum atomic E-state index is 15.0. The third kappa shape index (κ3) is 5.51. The molecule has 1 N–H and O–H groups in total. The van der Waals surface area contributed by atoms with E-state index in [1.807, 2.05) is 11.0 Å². The van der Waals surface area contributed by atoms with Gasteiger partial charge in [-0.15, -0.1) is 12.4 Å². The van der Waals surface area contributed by atoms with E-state index in [-0.39, 0.29) is 55.9 Å². The molecule has 0 atom stereocenters. The van der Waals surface area contributed by atoms with E-state index in [1.165, 1.54) is 12.1 Å². The molecule has 0 saturated carbocycles. The van der Waals surface area contributed by atoms with Crippen LogP contribution in [-0.4, -0.2) is 57.5 Å². The number of carbonyl (C=O) groups is 2. The number of amides is 1. The zero-order chi connectivity index (χ0) is 26.3. The van der Waals surface area contributed by atoms with Crippen LogP contribution in [0.2, 0.25) is 5.02 Å². The van der Waals surface area contributed by atoms with Crippen molar-refractivity contribution in [1.82, 2.24) is 14.4 Å². The molecule has 0 spiro atoms. The van der Waals surface area contributed by atoms with E-state index in [2.05, 4.69) is 0 Å². The van der Waals surface area contributed by atoms with Crippen LogP contribution in [0.15, 0.2) is 30.3 Å². The Balaban J connectivity index is 0.00000336. The molecular weight excluding hydrogens is 542 g/mol. The second kappa shape index (κ2) is 11.6. The Hall–Kier alpha value is -2.75. The van der Waals surface area contributed by atoms with Crippen molar-refractivity contribution in [1.29, 1.82) is 0 Å². The molecule has 5 rings (SSSR count). The van der Waals surface area contributed by atoms with Gasteiger partial charge in [-0.1, -0.05) is 29.8 Å². The molecular formula is C27H28Cl2F3N3O3.